The standard InChI is InChI=1S/C16H18N4O3S/c17-24(21,22)11-5-1-2-8-14-19-16(20-23-14)15-13-7-4-3-6-12(13)9-10-18-15/h3-4,6-7,9-10H,1-2,5,8,11H2,(H2,17,21,22). The van der Waals surface area contributed by atoms with Crippen molar-refractivity contribution < 1.29 is 12.9 Å². The highest BCUT2D eigenvalue weighted by molar-refractivity contribution is 7.89. The molecule has 0 aliphatic rings. The number of rotatable bonds is 7. The summed E-state index contributed by atoms with van der Waals surface area (Å²) in [6.07, 6.45) is 4.36. The number of benzene rings is 1. The zero-order chi connectivity index (χ0) is 17.0. The molecule has 0 spiro atoms. The fourth-order valence-electron chi connectivity index (χ4n) is 2.51. The first-order valence-electron chi connectivity index (χ1n) is 7.70. The third kappa shape index (κ3) is 4.15. The lowest BCUT2D eigenvalue weighted by Gasteiger charge is -2.00. The van der Waals surface area contributed by atoms with Gasteiger partial charge in [0.05, 0.1) is 5.75 Å². The Labute approximate surface area is 140 Å². The molecular formula is C16H18N4O3S. The molecule has 0 radical (unpaired) electrons. The minimum atomic E-state index is -3.38. The summed E-state index contributed by atoms with van der Waals surface area (Å²) >= 11 is 0. The van der Waals surface area contributed by atoms with E-state index in [0.29, 0.717) is 30.3 Å². The maximum atomic E-state index is 10.9. The molecule has 7 nitrogen and oxygen atoms in total. The van der Waals surface area contributed by atoms with E-state index in [0.717, 1.165) is 23.6 Å². The van der Waals surface area contributed by atoms with Crippen LogP contribution in [0.4, 0.5) is 0 Å². The summed E-state index contributed by atoms with van der Waals surface area (Å²) in [5, 5.41) is 11.0. The smallest absolute Gasteiger partial charge is 0.227 e. The van der Waals surface area contributed by atoms with E-state index in [1.165, 1.54) is 0 Å². The Morgan fingerprint density at radius 1 is 1.08 bits per heavy atom. The second kappa shape index (κ2) is 7.06. The third-order valence-corrected chi connectivity index (χ3v) is 4.53. The maximum absolute atomic E-state index is 10.9. The Hall–Kier alpha value is -2.32. The summed E-state index contributed by atoms with van der Waals surface area (Å²) in [4.78, 5) is 8.76. The first-order chi connectivity index (χ1) is 11.5. The van der Waals surface area contributed by atoms with E-state index in [1.54, 1.807) is 6.20 Å². The zero-order valence-corrected chi connectivity index (χ0v) is 13.9. The number of primary sulfonamides is 1. The van der Waals surface area contributed by atoms with Gasteiger partial charge in [0.2, 0.25) is 21.7 Å². The molecule has 0 saturated heterocycles. The number of nitrogens with two attached hydrogens (primary N) is 1. The van der Waals surface area contributed by atoms with Crippen LogP contribution in [0, 0.1) is 0 Å². The number of unbranched alkanes of at least 4 members (excludes halogenated alkanes) is 2. The number of aromatic nitrogens is 3. The highest BCUT2D eigenvalue weighted by atomic mass is 32.2. The van der Waals surface area contributed by atoms with Gasteiger partial charge in [-0.3, -0.25) is 4.98 Å². The van der Waals surface area contributed by atoms with Crippen LogP contribution in [0.2, 0.25) is 0 Å². The summed E-state index contributed by atoms with van der Waals surface area (Å²) in [5.41, 5.74) is 0.692. The Morgan fingerprint density at radius 2 is 1.92 bits per heavy atom. The minimum absolute atomic E-state index is 0.00199. The van der Waals surface area contributed by atoms with E-state index in [2.05, 4.69) is 15.1 Å². The van der Waals surface area contributed by atoms with Gasteiger partial charge in [-0.15, -0.1) is 0 Å². The molecule has 2 aromatic heterocycles. The van der Waals surface area contributed by atoms with Gasteiger partial charge in [0.25, 0.3) is 0 Å². The zero-order valence-electron chi connectivity index (χ0n) is 13.1. The molecule has 1 aromatic carbocycles. The third-order valence-electron chi connectivity index (χ3n) is 3.67. The van der Waals surface area contributed by atoms with E-state index in [-0.39, 0.29) is 5.75 Å². The van der Waals surface area contributed by atoms with Crippen LogP contribution in [0.15, 0.2) is 41.1 Å². The van der Waals surface area contributed by atoms with Crippen LogP contribution in [0.1, 0.15) is 25.2 Å². The molecule has 0 aliphatic carbocycles. The summed E-state index contributed by atoms with van der Waals surface area (Å²) in [5.74, 6) is 0.990. The summed E-state index contributed by atoms with van der Waals surface area (Å²) in [6.45, 7) is 0. The SMILES string of the molecule is NS(=O)(=O)CCCCCc1nc(-c2nccc3ccccc23)no1. The number of nitrogens with zero attached hydrogens (tertiary/aromatic N) is 3. The number of pyridine rings is 1. The molecule has 0 bridgehead atoms. The lowest BCUT2D eigenvalue weighted by atomic mass is 10.1. The molecule has 8 heteroatoms. The molecule has 0 aliphatic heterocycles. The van der Waals surface area contributed by atoms with Crippen LogP contribution in [-0.4, -0.2) is 29.3 Å². The van der Waals surface area contributed by atoms with Crippen molar-refractivity contribution in [2.45, 2.75) is 25.7 Å². The van der Waals surface area contributed by atoms with Gasteiger partial charge in [-0.25, -0.2) is 13.6 Å². The number of hydrogen-bond donors (Lipinski definition) is 1. The van der Waals surface area contributed by atoms with E-state index >= 15 is 0 Å². The number of hydrogen-bond acceptors (Lipinski definition) is 6. The fraction of sp³-hybridized carbons (Fsp3) is 0.312. The van der Waals surface area contributed by atoms with Crippen molar-refractivity contribution in [3.63, 3.8) is 0 Å². The molecule has 2 heterocycles. The average molecular weight is 346 g/mol. The van der Waals surface area contributed by atoms with Gasteiger partial charge in [0.15, 0.2) is 0 Å². The van der Waals surface area contributed by atoms with Crippen LogP contribution >= 0.6 is 0 Å². The Morgan fingerprint density at radius 3 is 2.75 bits per heavy atom. The second-order valence-corrected chi connectivity index (χ2v) is 7.30. The number of sulfonamides is 1. The summed E-state index contributed by atoms with van der Waals surface area (Å²) in [6, 6.07) is 9.83. The van der Waals surface area contributed by atoms with Gasteiger partial charge < -0.3 is 4.52 Å². The molecule has 0 saturated carbocycles. The van der Waals surface area contributed by atoms with Crippen LogP contribution in [0.5, 0.6) is 0 Å². The predicted octanol–water partition coefficient (Wildman–Crippen LogP) is 2.29. The molecular weight excluding hydrogens is 328 g/mol. The molecule has 0 unspecified atom stereocenters. The highest BCUT2D eigenvalue weighted by Gasteiger charge is 2.12. The second-order valence-electron chi connectivity index (χ2n) is 5.57. The quantitative estimate of drug-likeness (QED) is 0.657. The molecule has 3 aromatic rings. The van der Waals surface area contributed by atoms with E-state index in [4.69, 9.17) is 9.66 Å². The number of fused-ring (bicyclic) bond motifs is 1. The van der Waals surface area contributed by atoms with Gasteiger partial charge >= 0.3 is 0 Å². The van der Waals surface area contributed by atoms with E-state index in [1.807, 2.05) is 30.3 Å². The van der Waals surface area contributed by atoms with Crippen molar-refractivity contribution in [1.29, 1.82) is 0 Å². The molecule has 0 fully saturated rings. The van der Waals surface area contributed by atoms with E-state index in [9.17, 15) is 8.42 Å². The van der Waals surface area contributed by atoms with Crippen molar-refractivity contribution in [3.8, 4) is 11.5 Å². The monoisotopic (exact) mass is 346 g/mol. The van der Waals surface area contributed by atoms with Crippen molar-refractivity contribution >= 4 is 20.8 Å². The predicted molar refractivity (Wildman–Crippen MR) is 90.6 cm³/mol. The first-order valence-corrected chi connectivity index (χ1v) is 9.42. The van der Waals surface area contributed by atoms with E-state index < -0.39 is 10.0 Å². The minimum Gasteiger partial charge on any atom is -0.339 e. The van der Waals surface area contributed by atoms with Crippen molar-refractivity contribution in [3.05, 3.63) is 42.4 Å². The average Bonchev–Trinajstić information content (AvgIpc) is 3.01. The normalized spacial score (nSPS) is 11.9. The van der Waals surface area contributed by atoms with Gasteiger partial charge in [0, 0.05) is 18.0 Å². The largest absolute Gasteiger partial charge is 0.339 e. The van der Waals surface area contributed by atoms with Crippen LogP contribution in [-0.2, 0) is 16.4 Å². The maximum Gasteiger partial charge on any atom is 0.227 e. The van der Waals surface area contributed by atoms with Crippen molar-refractivity contribution in [2.24, 2.45) is 5.14 Å². The van der Waals surface area contributed by atoms with Crippen LogP contribution < -0.4 is 5.14 Å². The Balaban J connectivity index is 1.65. The number of aryl methyl sites for hydroxylation is 1. The van der Waals surface area contributed by atoms with Crippen LogP contribution in [0.3, 0.4) is 0 Å². The Bertz CT molecular complexity index is 932. The summed E-state index contributed by atoms with van der Waals surface area (Å²) in [7, 11) is -3.38. The molecule has 126 valence electrons. The lowest BCUT2D eigenvalue weighted by molar-refractivity contribution is 0.374. The van der Waals surface area contributed by atoms with Crippen LogP contribution in [0.25, 0.3) is 22.3 Å². The highest BCUT2D eigenvalue weighted by Crippen LogP contribution is 2.24. The Kier molecular flexibility index (Phi) is 4.86. The molecule has 0 atom stereocenters. The van der Waals surface area contributed by atoms with Crippen molar-refractivity contribution in [1.82, 2.24) is 15.1 Å². The first kappa shape index (κ1) is 16.5. The van der Waals surface area contributed by atoms with Gasteiger partial charge in [-0.1, -0.05) is 35.8 Å². The van der Waals surface area contributed by atoms with Gasteiger partial charge in [-0.2, -0.15) is 4.98 Å². The molecule has 3 rings (SSSR count). The van der Waals surface area contributed by atoms with Crippen molar-refractivity contribution in [2.75, 3.05) is 5.75 Å². The molecule has 24 heavy (non-hydrogen) atoms. The van der Waals surface area contributed by atoms with Gasteiger partial charge in [0.1, 0.15) is 5.69 Å². The topological polar surface area (TPSA) is 112 Å². The summed E-state index contributed by atoms with van der Waals surface area (Å²) < 4.78 is 27.0. The molecule has 0 amide bonds. The lowest BCUT2D eigenvalue weighted by Crippen LogP contribution is -2.16. The van der Waals surface area contributed by atoms with Gasteiger partial charge in [-0.05, 0) is 24.3 Å². The fourth-order valence-corrected chi connectivity index (χ4v) is 3.11. The molecule has 2 N–H and O–H groups in total.